The number of aromatic nitrogens is 1. The van der Waals surface area contributed by atoms with E-state index in [1.165, 1.54) is 18.4 Å². The van der Waals surface area contributed by atoms with Crippen LogP contribution in [-0.2, 0) is 27.3 Å². The van der Waals surface area contributed by atoms with Crippen LogP contribution in [0.25, 0.3) is 16.6 Å². The fourth-order valence-electron chi connectivity index (χ4n) is 6.37. The maximum atomic E-state index is 12.8. The first kappa shape index (κ1) is 30.4. The molecule has 0 radical (unpaired) electrons. The molecule has 1 aromatic heterocycles. The third-order valence-corrected chi connectivity index (χ3v) is 9.42. The molecule has 2 aliphatic rings. The van der Waals surface area contributed by atoms with E-state index in [0.29, 0.717) is 46.8 Å². The van der Waals surface area contributed by atoms with Crippen molar-refractivity contribution in [1.29, 1.82) is 0 Å². The number of aryl methyl sites for hydroxylation is 1. The average Bonchev–Trinajstić information content (AvgIpc) is 3.06. The zero-order valence-electron chi connectivity index (χ0n) is 25.0. The highest BCUT2D eigenvalue weighted by atomic mass is 35.5. The van der Waals surface area contributed by atoms with E-state index in [0.717, 1.165) is 54.0 Å². The molecular formula is C33H44ClN3O3. The molecule has 1 aliphatic heterocycles. The number of benzene rings is 1. The van der Waals surface area contributed by atoms with E-state index in [2.05, 4.69) is 24.8 Å². The summed E-state index contributed by atoms with van der Waals surface area (Å²) in [5.74, 6) is 0.778. The van der Waals surface area contributed by atoms with Crippen molar-refractivity contribution in [2.75, 3.05) is 20.2 Å². The van der Waals surface area contributed by atoms with Crippen LogP contribution < -0.4 is 5.73 Å². The SMILES string of the molecule is CCc1c(/C(N)=C/C2=C(C(C)=O)CCC(=O)C[C@@]2(CC)OC)nc2cc(Cl)c(C)cc2c1CN1CCC(C)CC1. The predicted octanol–water partition coefficient (Wildman–Crippen LogP) is 6.72. The Hall–Kier alpha value is -2.54. The third-order valence-electron chi connectivity index (χ3n) is 9.01. The normalized spacial score (nSPS) is 21.8. The van der Waals surface area contributed by atoms with Crippen LogP contribution in [0.2, 0.25) is 5.02 Å². The molecule has 2 heterocycles. The third kappa shape index (κ3) is 6.05. The van der Waals surface area contributed by atoms with Gasteiger partial charge in [0.2, 0.25) is 0 Å². The smallest absolute Gasteiger partial charge is 0.156 e. The van der Waals surface area contributed by atoms with E-state index in [1.54, 1.807) is 14.0 Å². The molecule has 0 bridgehead atoms. The van der Waals surface area contributed by atoms with Gasteiger partial charge in [-0.1, -0.05) is 32.4 Å². The number of rotatable bonds is 8. The van der Waals surface area contributed by atoms with E-state index in [-0.39, 0.29) is 18.0 Å². The quantitative estimate of drug-likeness (QED) is 0.382. The van der Waals surface area contributed by atoms with Crippen molar-refractivity contribution in [3.63, 3.8) is 0 Å². The fraction of sp³-hybridized carbons (Fsp3) is 0.545. The van der Waals surface area contributed by atoms with E-state index >= 15 is 0 Å². The van der Waals surface area contributed by atoms with Crippen molar-refractivity contribution in [3.05, 3.63) is 56.8 Å². The van der Waals surface area contributed by atoms with Crippen LogP contribution in [0.5, 0.6) is 0 Å². The van der Waals surface area contributed by atoms with Crippen molar-refractivity contribution >= 4 is 39.8 Å². The Morgan fingerprint density at radius 1 is 1.23 bits per heavy atom. The van der Waals surface area contributed by atoms with Crippen molar-refractivity contribution in [2.45, 2.75) is 91.7 Å². The minimum atomic E-state index is -0.907. The maximum Gasteiger partial charge on any atom is 0.156 e. The molecule has 6 nitrogen and oxygen atoms in total. The van der Waals surface area contributed by atoms with Crippen molar-refractivity contribution in [2.24, 2.45) is 11.7 Å². The van der Waals surface area contributed by atoms with Gasteiger partial charge in [-0.15, -0.1) is 0 Å². The van der Waals surface area contributed by atoms with Gasteiger partial charge in [-0.05, 0) is 105 Å². The number of allylic oxidation sites excluding steroid dienone is 1. The number of likely N-dealkylation sites (tertiary alicyclic amines) is 1. The molecule has 0 amide bonds. The molecule has 4 rings (SSSR count). The monoisotopic (exact) mass is 565 g/mol. The van der Waals surface area contributed by atoms with Gasteiger partial charge in [0.15, 0.2) is 5.78 Å². The Balaban J connectivity index is 1.94. The number of methoxy groups -OCH3 is 1. The number of halogens is 1. The summed E-state index contributed by atoms with van der Waals surface area (Å²) < 4.78 is 6.02. The summed E-state index contributed by atoms with van der Waals surface area (Å²) in [5.41, 5.74) is 12.7. The number of hydrogen-bond acceptors (Lipinski definition) is 6. The van der Waals surface area contributed by atoms with Gasteiger partial charge in [-0.25, -0.2) is 4.98 Å². The highest BCUT2D eigenvalue weighted by Crippen LogP contribution is 2.39. The molecule has 7 heteroatoms. The Bertz CT molecular complexity index is 1360. The van der Waals surface area contributed by atoms with Crippen LogP contribution in [0.3, 0.4) is 0 Å². The van der Waals surface area contributed by atoms with E-state index in [9.17, 15) is 9.59 Å². The average molecular weight is 566 g/mol. The van der Waals surface area contributed by atoms with E-state index < -0.39 is 5.60 Å². The summed E-state index contributed by atoms with van der Waals surface area (Å²) in [6.45, 7) is 13.0. The second kappa shape index (κ2) is 12.5. The number of ether oxygens (including phenoxy) is 1. The van der Waals surface area contributed by atoms with Crippen molar-refractivity contribution < 1.29 is 14.3 Å². The summed E-state index contributed by atoms with van der Waals surface area (Å²) in [4.78, 5) is 33.2. The highest BCUT2D eigenvalue weighted by Gasteiger charge is 2.39. The number of nitrogens with zero attached hydrogens (tertiary/aromatic N) is 2. The molecule has 216 valence electrons. The summed E-state index contributed by atoms with van der Waals surface area (Å²) in [6.07, 6.45) is 6.48. The summed E-state index contributed by atoms with van der Waals surface area (Å²) in [6, 6.07) is 4.08. The Morgan fingerprint density at radius 3 is 2.52 bits per heavy atom. The number of carbonyl (C=O) groups is 2. The van der Waals surface area contributed by atoms with Crippen molar-refractivity contribution in [3.8, 4) is 0 Å². The first-order valence-electron chi connectivity index (χ1n) is 14.7. The van der Waals surface area contributed by atoms with E-state index in [4.69, 9.17) is 27.1 Å². The lowest BCUT2D eigenvalue weighted by molar-refractivity contribution is -0.123. The van der Waals surface area contributed by atoms with Crippen LogP contribution in [0.15, 0.2) is 29.4 Å². The molecule has 2 N–H and O–H groups in total. The number of Topliss-reactive ketones (excluding diaryl/α,β-unsaturated/α-hetero) is 2. The van der Waals surface area contributed by atoms with Crippen LogP contribution >= 0.6 is 11.6 Å². The number of pyridine rings is 1. The molecule has 2 aromatic rings. The largest absolute Gasteiger partial charge is 0.397 e. The molecular weight excluding hydrogens is 522 g/mol. The van der Waals surface area contributed by atoms with Gasteiger partial charge < -0.3 is 10.5 Å². The topological polar surface area (TPSA) is 85.5 Å². The zero-order chi connectivity index (χ0) is 29.2. The van der Waals surface area contributed by atoms with Crippen LogP contribution in [0.1, 0.15) is 88.6 Å². The number of hydrogen-bond donors (Lipinski definition) is 1. The molecule has 1 aromatic carbocycles. The Labute approximate surface area is 244 Å². The lowest BCUT2D eigenvalue weighted by Gasteiger charge is -2.33. The van der Waals surface area contributed by atoms with Crippen LogP contribution in [-0.4, -0.2) is 47.3 Å². The molecule has 40 heavy (non-hydrogen) atoms. The predicted molar refractivity (Wildman–Crippen MR) is 163 cm³/mol. The molecule has 0 spiro atoms. The van der Waals surface area contributed by atoms with Crippen LogP contribution in [0, 0.1) is 12.8 Å². The van der Waals surface area contributed by atoms with Gasteiger partial charge >= 0.3 is 0 Å². The zero-order valence-corrected chi connectivity index (χ0v) is 25.7. The van der Waals surface area contributed by atoms with Crippen molar-refractivity contribution in [1.82, 2.24) is 9.88 Å². The molecule has 0 unspecified atom stereocenters. The second-order valence-electron chi connectivity index (χ2n) is 11.7. The molecule has 0 saturated carbocycles. The van der Waals surface area contributed by atoms with Gasteiger partial charge in [0.05, 0.1) is 22.5 Å². The molecule has 1 fully saturated rings. The molecule has 1 aliphatic carbocycles. The first-order chi connectivity index (χ1) is 19.0. The molecule has 1 saturated heterocycles. The number of ketones is 2. The van der Waals surface area contributed by atoms with Gasteiger partial charge in [0, 0.05) is 42.5 Å². The van der Waals surface area contributed by atoms with E-state index in [1.807, 2.05) is 26.0 Å². The summed E-state index contributed by atoms with van der Waals surface area (Å²) in [7, 11) is 1.61. The van der Waals surface area contributed by atoms with Crippen LogP contribution in [0.4, 0.5) is 0 Å². The minimum absolute atomic E-state index is 0.0620. The Morgan fingerprint density at radius 2 is 1.93 bits per heavy atom. The maximum absolute atomic E-state index is 12.8. The highest BCUT2D eigenvalue weighted by molar-refractivity contribution is 6.32. The minimum Gasteiger partial charge on any atom is -0.397 e. The number of piperidine rings is 1. The number of carbonyl (C=O) groups excluding carboxylic acids is 2. The molecule has 1 atom stereocenters. The first-order valence-corrected chi connectivity index (χ1v) is 15.0. The van der Waals surface area contributed by atoms with Gasteiger partial charge in [0.25, 0.3) is 0 Å². The number of fused-ring (bicyclic) bond motifs is 1. The standard InChI is InChI=1S/C33H44ClN3O3/c1-7-24-27(19-37-13-11-20(3)12-14-37)26-15-21(4)29(34)17-31(26)36-32(24)30(35)16-28-25(22(5)38)10-9-23(39)18-33(28,8-2)40-6/h15-17,20H,7-14,18-19,35H2,1-6H3/b30-16-/t33-/m1/s1. The lowest BCUT2D eigenvalue weighted by atomic mass is 9.82. The van der Waals surface area contributed by atoms with Gasteiger partial charge in [-0.3, -0.25) is 14.5 Å². The van der Waals surface area contributed by atoms with Gasteiger partial charge in [0.1, 0.15) is 5.78 Å². The summed E-state index contributed by atoms with van der Waals surface area (Å²) >= 11 is 6.58. The lowest BCUT2D eigenvalue weighted by Crippen LogP contribution is -2.35. The fourth-order valence-corrected chi connectivity index (χ4v) is 6.53. The second-order valence-corrected chi connectivity index (χ2v) is 12.1. The van der Waals surface area contributed by atoms with Gasteiger partial charge in [-0.2, -0.15) is 0 Å². The Kier molecular flexibility index (Phi) is 9.54. The summed E-state index contributed by atoms with van der Waals surface area (Å²) in [5, 5.41) is 1.78. The number of nitrogens with two attached hydrogens (primary N) is 1.